The molecule has 3 N–H and O–H groups in total. The zero-order valence-electron chi connectivity index (χ0n) is 28.9. The number of nitrogens with one attached hydrogen (secondary N) is 2. The lowest BCUT2D eigenvalue weighted by Gasteiger charge is -2.56. The number of ether oxygens (including phenoxy) is 2. The van der Waals surface area contributed by atoms with Crippen molar-refractivity contribution >= 4 is 17.1 Å². The number of aliphatic hydroxyl groups excluding tert-OH is 1. The van der Waals surface area contributed by atoms with Crippen LogP contribution >= 0.6 is 0 Å². The lowest BCUT2D eigenvalue weighted by atomic mass is 9.53. The van der Waals surface area contributed by atoms with Crippen LogP contribution in [0.3, 0.4) is 0 Å². The summed E-state index contributed by atoms with van der Waals surface area (Å²) in [5.74, 6) is 2.37. The summed E-state index contributed by atoms with van der Waals surface area (Å²) in [6.45, 7) is 1.13. The van der Waals surface area contributed by atoms with E-state index >= 15 is 0 Å². The normalized spacial score (nSPS) is 28.2. The van der Waals surface area contributed by atoms with E-state index in [4.69, 9.17) is 9.47 Å². The highest BCUT2D eigenvalue weighted by Gasteiger charge is 2.51. The van der Waals surface area contributed by atoms with Crippen molar-refractivity contribution < 1.29 is 19.4 Å². The van der Waals surface area contributed by atoms with E-state index in [2.05, 4.69) is 62.6 Å². The molecule has 10 rings (SSSR count). The molecule has 3 atom stereocenters. The Morgan fingerprint density at radius 2 is 1.49 bits per heavy atom. The third kappa shape index (κ3) is 6.68. The fourth-order valence-corrected chi connectivity index (χ4v) is 9.91. The fraction of sp³-hybridized carbons (Fsp3) is 0.395. The quantitative estimate of drug-likeness (QED) is 0.146. The maximum atomic E-state index is 13.3. The van der Waals surface area contributed by atoms with Crippen LogP contribution in [-0.2, 0) is 29.2 Å². The number of fused-ring (bicyclic) bond motifs is 1. The van der Waals surface area contributed by atoms with Gasteiger partial charge in [-0.3, -0.25) is 0 Å². The molecule has 4 aromatic carbocycles. The van der Waals surface area contributed by atoms with Gasteiger partial charge in [-0.2, -0.15) is 0 Å². The Bertz CT molecular complexity index is 1970. The number of urea groups is 1. The molecule has 3 unspecified atom stereocenters. The van der Waals surface area contributed by atoms with Crippen LogP contribution < -0.4 is 10.6 Å². The van der Waals surface area contributed by atoms with Crippen LogP contribution in [0.2, 0.25) is 0 Å². The van der Waals surface area contributed by atoms with Crippen molar-refractivity contribution in [2.45, 2.75) is 88.7 Å². The van der Waals surface area contributed by atoms with Crippen LogP contribution in [0.15, 0.2) is 103 Å². The minimum Gasteiger partial charge on any atom is -0.392 e. The molecule has 5 aromatic rings. The number of rotatable bonds is 9. The number of para-hydroxylation sites is 2. The molecule has 2 amide bonds. The molecular formula is C43H46N4O4. The molecule has 1 aromatic heterocycles. The van der Waals surface area contributed by atoms with Gasteiger partial charge in [-0.1, -0.05) is 84.9 Å². The fourth-order valence-electron chi connectivity index (χ4n) is 9.91. The molecule has 1 saturated heterocycles. The van der Waals surface area contributed by atoms with Gasteiger partial charge in [0.1, 0.15) is 0 Å². The summed E-state index contributed by atoms with van der Waals surface area (Å²) in [6, 6.07) is 32.8. The average Bonchev–Trinajstić information content (AvgIpc) is 3.56. The lowest BCUT2D eigenvalue weighted by Crippen LogP contribution is -2.61. The number of imidazole rings is 1. The topological polar surface area (TPSA) is 97.6 Å². The molecule has 1 aliphatic heterocycles. The first-order chi connectivity index (χ1) is 25.0. The summed E-state index contributed by atoms with van der Waals surface area (Å²) in [7, 11) is 0. The second-order valence-corrected chi connectivity index (χ2v) is 15.5. The first-order valence-corrected chi connectivity index (χ1v) is 18.6. The summed E-state index contributed by atoms with van der Waals surface area (Å²) < 4.78 is 15.5. The Morgan fingerprint density at radius 3 is 2.24 bits per heavy atom. The third-order valence-electron chi connectivity index (χ3n) is 11.9. The molecule has 4 saturated carbocycles. The number of benzene rings is 4. The molecule has 51 heavy (non-hydrogen) atoms. The molecule has 0 spiro atoms. The van der Waals surface area contributed by atoms with Crippen molar-refractivity contribution in [3.8, 4) is 11.1 Å². The molecule has 8 heteroatoms. The average molecular weight is 683 g/mol. The van der Waals surface area contributed by atoms with Gasteiger partial charge in [0, 0.05) is 24.1 Å². The number of hydrogen-bond donors (Lipinski definition) is 3. The first-order valence-electron chi connectivity index (χ1n) is 18.6. The number of hydrogen-bond acceptors (Lipinski definition) is 5. The zero-order chi connectivity index (χ0) is 34.4. The van der Waals surface area contributed by atoms with Crippen LogP contribution in [0.1, 0.15) is 79.6 Å². The molecule has 262 valence electrons. The summed E-state index contributed by atoms with van der Waals surface area (Å²) in [4.78, 5) is 17.8. The Labute approximate surface area is 299 Å². The highest BCUT2D eigenvalue weighted by Crippen LogP contribution is 2.55. The van der Waals surface area contributed by atoms with E-state index in [0.29, 0.717) is 19.5 Å². The van der Waals surface area contributed by atoms with Gasteiger partial charge in [0.2, 0.25) is 0 Å². The summed E-state index contributed by atoms with van der Waals surface area (Å²) in [5, 5.41) is 16.2. The Kier molecular flexibility index (Phi) is 8.62. The standard InChI is InChI=1S/C43H46N4O4/c48-26-28-9-11-33(12-10-28)40-20-36(25-47-27-45-38-7-3-4-8-39(38)47)50-41(51-40)34-15-13-32(14-16-34)37-6-2-1-5-35(37)24-44-42(49)46-43-21-29-17-30(22-43)19-31(18-29)23-43/h1-16,27,29-31,36,40-41,48H,17-26H2,(H2,44,46,49). The molecule has 4 bridgehead atoms. The Hall–Kier alpha value is -4.50. The van der Waals surface area contributed by atoms with E-state index in [9.17, 15) is 9.90 Å². The van der Waals surface area contributed by atoms with Crippen molar-refractivity contribution in [3.63, 3.8) is 0 Å². The SMILES string of the molecule is O=C(NCc1ccccc1-c1ccc(C2OC(Cn3cnc4ccccc43)CC(c3ccc(CO)cc3)O2)cc1)NC12CC3CC(CC(C3)C1)C2. The molecule has 5 aliphatic rings. The van der Waals surface area contributed by atoms with Gasteiger partial charge < -0.3 is 29.8 Å². The summed E-state index contributed by atoms with van der Waals surface area (Å²) in [5.41, 5.74) is 8.16. The predicted octanol–water partition coefficient (Wildman–Crippen LogP) is 8.21. The van der Waals surface area contributed by atoms with Crippen LogP contribution in [0, 0.1) is 17.8 Å². The molecule has 2 heterocycles. The smallest absolute Gasteiger partial charge is 0.315 e. The monoisotopic (exact) mass is 682 g/mol. The van der Waals surface area contributed by atoms with Crippen LogP contribution in [0.4, 0.5) is 4.79 Å². The van der Waals surface area contributed by atoms with E-state index in [1.165, 1.54) is 19.3 Å². The van der Waals surface area contributed by atoms with Crippen molar-refractivity contribution in [1.29, 1.82) is 0 Å². The molecular weight excluding hydrogens is 636 g/mol. The number of nitrogens with zero attached hydrogens (tertiary/aromatic N) is 2. The van der Waals surface area contributed by atoms with Crippen molar-refractivity contribution in [1.82, 2.24) is 20.2 Å². The van der Waals surface area contributed by atoms with E-state index in [-0.39, 0.29) is 30.4 Å². The van der Waals surface area contributed by atoms with Gasteiger partial charge in [0.25, 0.3) is 0 Å². The number of carbonyl (C=O) groups excluding carboxylic acids is 1. The second-order valence-electron chi connectivity index (χ2n) is 15.5. The number of amides is 2. The van der Waals surface area contributed by atoms with Crippen LogP contribution in [0.5, 0.6) is 0 Å². The van der Waals surface area contributed by atoms with Gasteiger partial charge in [0.15, 0.2) is 6.29 Å². The summed E-state index contributed by atoms with van der Waals surface area (Å²) >= 11 is 0. The number of aliphatic hydroxyl groups is 1. The van der Waals surface area contributed by atoms with Gasteiger partial charge in [-0.25, -0.2) is 9.78 Å². The maximum Gasteiger partial charge on any atom is 0.315 e. The Morgan fingerprint density at radius 1 is 0.804 bits per heavy atom. The number of aromatic nitrogens is 2. The van der Waals surface area contributed by atoms with Crippen molar-refractivity contribution in [2.24, 2.45) is 17.8 Å². The lowest BCUT2D eigenvalue weighted by molar-refractivity contribution is -0.252. The van der Waals surface area contributed by atoms with Gasteiger partial charge in [-0.15, -0.1) is 0 Å². The van der Waals surface area contributed by atoms with E-state index in [1.54, 1.807) is 0 Å². The molecule has 8 nitrogen and oxygen atoms in total. The first kappa shape index (κ1) is 32.4. The highest BCUT2D eigenvalue weighted by molar-refractivity contribution is 5.76. The van der Waals surface area contributed by atoms with Gasteiger partial charge >= 0.3 is 6.03 Å². The predicted molar refractivity (Wildman–Crippen MR) is 196 cm³/mol. The summed E-state index contributed by atoms with van der Waals surface area (Å²) in [6.07, 6.45) is 9.23. The second kappa shape index (κ2) is 13.6. The van der Waals surface area contributed by atoms with Crippen molar-refractivity contribution in [3.05, 3.63) is 126 Å². The number of carbonyl (C=O) groups is 1. The zero-order valence-corrected chi connectivity index (χ0v) is 28.9. The Balaban J connectivity index is 0.907. The minimum atomic E-state index is -0.555. The van der Waals surface area contributed by atoms with Crippen LogP contribution in [-0.4, -0.2) is 32.3 Å². The van der Waals surface area contributed by atoms with E-state index in [1.807, 2.05) is 60.9 Å². The molecule has 5 fully saturated rings. The minimum absolute atomic E-state index is 0.00838. The third-order valence-corrected chi connectivity index (χ3v) is 11.9. The van der Waals surface area contributed by atoms with Crippen molar-refractivity contribution in [2.75, 3.05) is 0 Å². The molecule has 4 aliphatic carbocycles. The largest absolute Gasteiger partial charge is 0.392 e. The van der Waals surface area contributed by atoms with Gasteiger partial charge in [-0.05, 0) is 96.2 Å². The van der Waals surface area contributed by atoms with E-state index in [0.717, 1.165) is 81.4 Å². The maximum absolute atomic E-state index is 13.3. The van der Waals surface area contributed by atoms with Crippen LogP contribution in [0.25, 0.3) is 22.2 Å². The molecule has 0 radical (unpaired) electrons. The highest BCUT2D eigenvalue weighted by atomic mass is 16.7. The van der Waals surface area contributed by atoms with E-state index < -0.39 is 6.29 Å². The van der Waals surface area contributed by atoms with Gasteiger partial charge in [0.05, 0.1) is 42.7 Å².